The molecule has 3 atom stereocenters. The van der Waals surface area contributed by atoms with Gasteiger partial charge in [-0.2, -0.15) is 8.42 Å². The van der Waals surface area contributed by atoms with Crippen LogP contribution in [0.25, 0.3) is 0 Å². The minimum Gasteiger partial charge on any atom is -0.391 e. The Bertz CT molecular complexity index is 900. The summed E-state index contributed by atoms with van der Waals surface area (Å²) >= 11 is 0. The van der Waals surface area contributed by atoms with Crippen molar-refractivity contribution in [2.24, 2.45) is 0 Å². The van der Waals surface area contributed by atoms with Gasteiger partial charge in [-0.25, -0.2) is 0 Å². The highest BCUT2D eigenvalue weighted by Crippen LogP contribution is 2.18. The first-order valence-corrected chi connectivity index (χ1v) is 25.9. The number of rotatable bonds is 45. The summed E-state index contributed by atoms with van der Waals surface area (Å²) in [7, 11) is -4.41. The molecule has 0 heterocycles. The minimum atomic E-state index is -4.41. The second-order valence-electron chi connectivity index (χ2n) is 17.3. The molecular weight excluding hydrogens is 707 g/mol. The first-order chi connectivity index (χ1) is 26.7. The summed E-state index contributed by atoms with van der Waals surface area (Å²) in [5, 5.41) is 23.7. The highest BCUT2D eigenvalue weighted by molar-refractivity contribution is 7.85. The number of nitrogens with one attached hydrogen (secondary N) is 1. The SMILES string of the molecule is CCCCCCCCCCCCCCCCCCCCCCCCC(O)C(=O)NC(CS(=O)(=O)O)C(O)CCCCCCCCCCCCCCCCCC. The fraction of sp³-hybridized carbons (Fsp3) is 0.979. The molecule has 7 nitrogen and oxygen atoms in total. The molecule has 0 bridgehead atoms. The summed E-state index contributed by atoms with van der Waals surface area (Å²) in [5.74, 6) is -1.44. The quantitative estimate of drug-likeness (QED) is 0.0359. The maximum Gasteiger partial charge on any atom is 0.266 e. The Labute approximate surface area is 342 Å². The third kappa shape index (κ3) is 41.3. The number of carbonyl (C=O) groups is 1. The van der Waals surface area contributed by atoms with Gasteiger partial charge in [-0.05, 0) is 12.8 Å². The minimum absolute atomic E-state index is 0.304. The van der Waals surface area contributed by atoms with E-state index in [1.54, 1.807) is 0 Å². The molecule has 0 fully saturated rings. The van der Waals surface area contributed by atoms with Crippen LogP contribution in [-0.2, 0) is 14.9 Å². The van der Waals surface area contributed by atoms with Gasteiger partial charge in [0.25, 0.3) is 10.1 Å². The zero-order chi connectivity index (χ0) is 40.5. The molecule has 0 saturated heterocycles. The molecular formula is C47H95NO6S. The molecule has 8 heteroatoms. The van der Waals surface area contributed by atoms with E-state index in [9.17, 15) is 28.0 Å². The molecule has 3 unspecified atom stereocenters. The van der Waals surface area contributed by atoms with Crippen LogP contribution in [0.2, 0.25) is 0 Å². The molecule has 0 aliphatic carbocycles. The zero-order valence-corrected chi connectivity index (χ0v) is 37.5. The maximum atomic E-state index is 12.7. The Morgan fingerprint density at radius 1 is 0.418 bits per heavy atom. The average molecular weight is 802 g/mol. The molecule has 0 aliphatic heterocycles. The predicted molar refractivity (Wildman–Crippen MR) is 236 cm³/mol. The van der Waals surface area contributed by atoms with Crippen LogP contribution in [0.5, 0.6) is 0 Å². The number of aliphatic hydroxyl groups is 2. The molecule has 55 heavy (non-hydrogen) atoms. The fourth-order valence-electron chi connectivity index (χ4n) is 7.94. The van der Waals surface area contributed by atoms with E-state index in [1.807, 2.05) is 0 Å². The van der Waals surface area contributed by atoms with Crippen LogP contribution in [0.15, 0.2) is 0 Å². The Kier molecular flexibility index (Phi) is 40.9. The van der Waals surface area contributed by atoms with Crippen LogP contribution < -0.4 is 5.32 Å². The van der Waals surface area contributed by atoms with E-state index in [4.69, 9.17) is 0 Å². The molecule has 330 valence electrons. The lowest BCUT2D eigenvalue weighted by Gasteiger charge is -2.24. The maximum absolute atomic E-state index is 12.7. The average Bonchev–Trinajstić information content (AvgIpc) is 3.15. The third-order valence-electron chi connectivity index (χ3n) is 11.7. The molecule has 0 radical (unpaired) electrons. The fourth-order valence-corrected chi connectivity index (χ4v) is 8.69. The standard InChI is InChI=1S/C47H95NO6S/c1-3-5-7-9-11-13-15-17-19-21-22-23-24-25-26-28-30-32-34-36-38-40-42-46(50)47(51)48-44(43-55(52,53)54)45(49)41-39-37-35-33-31-29-27-20-18-16-14-12-10-8-6-4-2/h44-46,49-50H,3-43H2,1-2H3,(H,48,51)(H,52,53,54). The molecule has 0 spiro atoms. The van der Waals surface area contributed by atoms with Crippen molar-refractivity contribution in [3.8, 4) is 0 Å². The summed E-state index contributed by atoms with van der Waals surface area (Å²) in [6.45, 7) is 4.54. The van der Waals surface area contributed by atoms with Crippen molar-refractivity contribution < 1.29 is 28.0 Å². The van der Waals surface area contributed by atoms with E-state index < -0.39 is 40.0 Å². The van der Waals surface area contributed by atoms with Crippen LogP contribution in [-0.4, -0.2) is 53.1 Å². The number of carbonyl (C=O) groups excluding carboxylic acids is 1. The van der Waals surface area contributed by atoms with Crippen LogP contribution in [0.3, 0.4) is 0 Å². The van der Waals surface area contributed by atoms with E-state index >= 15 is 0 Å². The van der Waals surface area contributed by atoms with Crippen LogP contribution >= 0.6 is 0 Å². The van der Waals surface area contributed by atoms with Gasteiger partial charge in [0.2, 0.25) is 5.91 Å². The highest BCUT2D eigenvalue weighted by atomic mass is 32.2. The van der Waals surface area contributed by atoms with Gasteiger partial charge in [0.1, 0.15) is 6.10 Å². The second-order valence-corrected chi connectivity index (χ2v) is 18.7. The first kappa shape index (κ1) is 54.3. The molecule has 1 amide bonds. The number of hydrogen-bond donors (Lipinski definition) is 4. The predicted octanol–water partition coefficient (Wildman–Crippen LogP) is 13.7. The number of unbranched alkanes of at least 4 members (excludes halogenated alkanes) is 36. The number of aliphatic hydroxyl groups excluding tert-OH is 2. The van der Waals surface area contributed by atoms with E-state index in [1.165, 1.54) is 199 Å². The van der Waals surface area contributed by atoms with Gasteiger partial charge >= 0.3 is 0 Å². The van der Waals surface area contributed by atoms with E-state index in [2.05, 4.69) is 19.2 Å². The van der Waals surface area contributed by atoms with Gasteiger partial charge in [0.15, 0.2) is 0 Å². The smallest absolute Gasteiger partial charge is 0.266 e. The van der Waals surface area contributed by atoms with Crippen LogP contribution in [0.1, 0.15) is 271 Å². The van der Waals surface area contributed by atoms with Gasteiger partial charge < -0.3 is 15.5 Å². The van der Waals surface area contributed by atoms with Crippen molar-refractivity contribution in [2.75, 3.05) is 5.75 Å². The largest absolute Gasteiger partial charge is 0.391 e. The van der Waals surface area contributed by atoms with Crippen molar-refractivity contribution in [3.63, 3.8) is 0 Å². The monoisotopic (exact) mass is 802 g/mol. The summed E-state index contributed by atoms with van der Waals surface area (Å²) in [4.78, 5) is 12.7. The van der Waals surface area contributed by atoms with Crippen LogP contribution in [0, 0.1) is 0 Å². The van der Waals surface area contributed by atoms with E-state index in [-0.39, 0.29) is 0 Å². The lowest BCUT2D eigenvalue weighted by molar-refractivity contribution is -0.131. The molecule has 0 aromatic carbocycles. The summed E-state index contributed by atoms with van der Waals surface area (Å²) < 4.78 is 32.7. The van der Waals surface area contributed by atoms with E-state index in [0.717, 1.165) is 44.9 Å². The van der Waals surface area contributed by atoms with Gasteiger partial charge in [0.05, 0.1) is 17.9 Å². The summed E-state index contributed by atoms with van der Waals surface area (Å²) in [5.41, 5.74) is 0. The summed E-state index contributed by atoms with van der Waals surface area (Å²) in [6, 6.07) is -1.14. The molecule has 0 aromatic heterocycles. The lowest BCUT2D eigenvalue weighted by Crippen LogP contribution is -2.50. The Hall–Kier alpha value is -0.700. The highest BCUT2D eigenvalue weighted by Gasteiger charge is 2.28. The Balaban J connectivity index is 3.82. The number of hydrogen-bond acceptors (Lipinski definition) is 5. The van der Waals surface area contributed by atoms with Crippen molar-refractivity contribution in [1.82, 2.24) is 5.32 Å². The van der Waals surface area contributed by atoms with Gasteiger partial charge in [-0.3, -0.25) is 9.35 Å². The lowest BCUT2D eigenvalue weighted by atomic mass is 10.0. The van der Waals surface area contributed by atoms with Gasteiger partial charge in [-0.15, -0.1) is 0 Å². The van der Waals surface area contributed by atoms with Gasteiger partial charge in [-0.1, -0.05) is 258 Å². The first-order valence-electron chi connectivity index (χ1n) is 24.3. The second kappa shape index (κ2) is 41.5. The third-order valence-corrected chi connectivity index (χ3v) is 12.4. The Morgan fingerprint density at radius 2 is 0.655 bits per heavy atom. The van der Waals surface area contributed by atoms with Crippen molar-refractivity contribution in [1.29, 1.82) is 0 Å². The van der Waals surface area contributed by atoms with Crippen molar-refractivity contribution in [2.45, 2.75) is 289 Å². The molecule has 4 N–H and O–H groups in total. The Morgan fingerprint density at radius 3 is 0.909 bits per heavy atom. The number of amides is 1. The van der Waals surface area contributed by atoms with Crippen molar-refractivity contribution in [3.05, 3.63) is 0 Å². The van der Waals surface area contributed by atoms with Crippen molar-refractivity contribution >= 4 is 16.0 Å². The zero-order valence-electron chi connectivity index (χ0n) is 36.7. The summed E-state index contributed by atoms with van der Waals surface area (Å²) in [6.07, 6.45) is 47.0. The van der Waals surface area contributed by atoms with Crippen LogP contribution in [0.4, 0.5) is 0 Å². The van der Waals surface area contributed by atoms with Gasteiger partial charge in [0, 0.05) is 0 Å². The molecule has 0 rings (SSSR count). The van der Waals surface area contributed by atoms with E-state index in [0.29, 0.717) is 12.8 Å². The topological polar surface area (TPSA) is 124 Å². The molecule has 0 aromatic rings. The normalized spacial score (nSPS) is 13.6. The molecule has 0 saturated carbocycles. The molecule has 0 aliphatic rings.